The summed E-state index contributed by atoms with van der Waals surface area (Å²) >= 11 is 1.71. The van der Waals surface area contributed by atoms with E-state index in [1.165, 1.54) is 44.2 Å². The Morgan fingerprint density at radius 2 is 0.677 bits per heavy atom. The van der Waals surface area contributed by atoms with E-state index >= 15 is 0 Å². The number of hydrogen-bond donors (Lipinski definition) is 0. The van der Waals surface area contributed by atoms with Gasteiger partial charge in [0.25, 0.3) is 0 Å². The van der Waals surface area contributed by atoms with Gasteiger partial charge in [0, 0.05) is 37.0 Å². The van der Waals surface area contributed by atoms with Gasteiger partial charge in [0.15, 0.2) is 0 Å². The first kappa shape index (κ1) is 37.1. The molecule has 0 unspecified atom stereocenters. The molecule has 0 fully saturated rings. The minimum absolute atomic E-state index is 0.668. The number of fused-ring (bicyclic) bond motifs is 9. The van der Waals surface area contributed by atoms with Gasteiger partial charge in [-0.3, -0.25) is 0 Å². The van der Waals surface area contributed by atoms with Gasteiger partial charge in [-0.2, -0.15) is 5.26 Å². The molecular formula is C61H37N3S. The summed E-state index contributed by atoms with van der Waals surface area (Å²) in [6, 6.07) is 83.5. The highest BCUT2D eigenvalue weighted by atomic mass is 32.1. The topological polar surface area (TPSA) is 33.6 Å². The zero-order valence-electron chi connectivity index (χ0n) is 35.1. The monoisotopic (exact) mass is 843 g/mol. The summed E-state index contributed by atoms with van der Waals surface area (Å²) in [5.41, 5.74) is 16.2. The van der Waals surface area contributed by atoms with Gasteiger partial charge < -0.3 is 9.13 Å². The second kappa shape index (κ2) is 14.8. The fraction of sp³-hybridized carbons (Fsp3) is 0. The van der Waals surface area contributed by atoms with Gasteiger partial charge in [0.05, 0.1) is 43.7 Å². The Labute approximate surface area is 379 Å². The van der Waals surface area contributed by atoms with Crippen LogP contribution in [0.3, 0.4) is 0 Å². The molecule has 0 saturated carbocycles. The maximum absolute atomic E-state index is 11.4. The van der Waals surface area contributed by atoms with Crippen LogP contribution in [0, 0.1) is 11.3 Å². The van der Waals surface area contributed by atoms with E-state index in [0.717, 1.165) is 75.5 Å². The average molecular weight is 844 g/mol. The Morgan fingerprint density at radius 3 is 1.06 bits per heavy atom. The van der Waals surface area contributed by atoms with Crippen LogP contribution in [-0.2, 0) is 0 Å². The molecule has 0 atom stereocenters. The zero-order valence-corrected chi connectivity index (χ0v) is 35.9. The molecule has 0 spiro atoms. The molecule has 3 aromatic heterocycles. The third kappa shape index (κ3) is 5.87. The molecule has 3 heterocycles. The first-order chi connectivity index (χ1) is 32.2. The summed E-state index contributed by atoms with van der Waals surface area (Å²) in [5, 5.41) is 18.3. The average Bonchev–Trinajstić information content (AvgIpc) is 4.04. The molecule has 0 aliphatic carbocycles. The lowest BCUT2D eigenvalue weighted by Gasteiger charge is -2.17. The summed E-state index contributed by atoms with van der Waals surface area (Å²) in [7, 11) is 0. The Balaban J connectivity index is 1.15. The minimum atomic E-state index is 0.668. The van der Waals surface area contributed by atoms with E-state index in [1.807, 2.05) is 0 Å². The van der Waals surface area contributed by atoms with Crippen molar-refractivity contribution in [2.75, 3.05) is 0 Å². The Bertz CT molecular complexity index is 3850. The lowest BCUT2D eigenvalue weighted by molar-refractivity contribution is 1.14. The molecule has 302 valence electrons. The molecule has 0 aliphatic heterocycles. The van der Waals surface area contributed by atoms with Gasteiger partial charge in [-0.15, -0.1) is 11.3 Å². The van der Waals surface area contributed by atoms with Gasteiger partial charge in [-0.1, -0.05) is 164 Å². The van der Waals surface area contributed by atoms with Crippen LogP contribution in [0.25, 0.3) is 120 Å². The smallest absolute Gasteiger partial charge is 0.103 e. The van der Waals surface area contributed by atoms with Crippen molar-refractivity contribution < 1.29 is 0 Å². The second-order valence-corrected chi connectivity index (χ2v) is 17.8. The van der Waals surface area contributed by atoms with Crippen LogP contribution in [0.4, 0.5) is 0 Å². The quantitative estimate of drug-likeness (QED) is 0.164. The van der Waals surface area contributed by atoms with Gasteiger partial charge in [0.2, 0.25) is 0 Å². The van der Waals surface area contributed by atoms with Gasteiger partial charge in [0.1, 0.15) is 6.07 Å². The molecule has 0 saturated heterocycles. The highest BCUT2D eigenvalue weighted by Crippen LogP contribution is 2.47. The van der Waals surface area contributed by atoms with Gasteiger partial charge in [-0.05, 0) is 105 Å². The standard InChI is InChI=1S/C61H37N3S/c62-38-52-57(63-53-29-25-43(39-15-5-1-6-16-39)33-48(53)49-34-44(26-30-54(49)63)40-17-7-2-8-18-40)37-58(60-47-23-13-14-24-59(47)65-61(52)60)64-55-31-27-45(41-19-9-3-10-20-41)35-50(55)51-36-46(28-32-56(51)64)42-21-11-4-12-22-42/h1-37H. The molecule has 65 heavy (non-hydrogen) atoms. The molecule has 0 aliphatic rings. The maximum atomic E-state index is 11.4. The number of nitriles is 1. The number of nitrogens with zero attached hydrogens (tertiary/aromatic N) is 3. The van der Waals surface area contributed by atoms with Crippen molar-refractivity contribution in [3.8, 4) is 62.0 Å². The van der Waals surface area contributed by atoms with E-state index in [-0.39, 0.29) is 0 Å². The van der Waals surface area contributed by atoms with Gasteiger partial charge >= 0.3 is 0 Å². The lowest BCUT2D eigenvalue weighted by atomic mass is 10.0. The second-order valence-electron chi connectivity index (χ2n) is 16.8. The van der Waals surface area contributed by atoms with Crippen molar-refractivity contribution in [1.29, 1.82) is 5.26 Å². The van der Waals surface area contributed by atoms with Crippen LogP contribution in [0.15, 0.2) is 224 Å². The predicted octanol–water partition coefficient (Wildman–Crippen LogP) is 16.8. The van der Waals surface area contributed by atoms with E-state index in [4.69, 9.17) is 0 Å². The number of benzene rings is 10. The third-order valence-electron chi connectivity index (χ3n) is 13.2. The van der Waals surface area contributed by atoms with Crippen molar-refractivity contribution in [2.24, 2.45) is 0 Å². The van der Waals surface area contributed by atoms with Crippen molar-refractivity contribution in [3.63, 3.8) is 0 Å². The number of hydrogen-bond acceptors (Lipinski definition) is 2. The van der Waals surface area contributed by atoms with Crippen molar-refractivity contribution >= 4 is 75.1 Å². The van der Waals surface area contributed by atoms with E-state index in [1.54, 1.807) is 11.3 Å². The molecule has 13 rings (SSSR count). The molecular weight excluding hydrogens is 807 g/mol. The predicted molar refractivity (Wildman–Crippen MR) is 274 cm³/mol. The Hall–Kier alpha value is -8.49. The highest BCUT2D eigenvalue weighted by molar-refractivity contribution is 7.26. The van der Waals surface area contributed by atoms with E-state index < -0.39 is 0 Å². The molecule has 0 N–H and O–H groups in total. The molecule has 3 nitrogen and oxygen atoms in total. The fourth-order valence-corrected chi connectivity index (χ4v) is 11.3. The summed E-state index contributed by atoms with van der Waals surface area (Å²) in [4.78, 5) is 0. The molecule has 10 aromatic carbocycles. The highest BCUT2D eigenvalue weighted by Gasteiger charge is 2.25. The minimum Gasteiger partial charge on any atom is -0.308 e. The largest absolute Gasteiger partial charge is 0.308 e. The summed E-state index contributed by atoms with van der Waals surface area (Å²) in [6.45, 7) is 0. The van der Waals surface area contributed by atoms with Crippen LogP contribution < -0.4 is 0 Å². The van der Waals surface area contributed by atoms with E-state index in [9.17, 15) is 5.26 Å². The molecule has 0 bridgehead atoms. The SMILES string of the molecule is N#Cc1c(-n2c3ccc(-c4ccccc4)cc3c3cc(-c4ccccc4)ccc32)cc(-n2c3ccc(-c4ccccc4)cc3c3cc(-c4ccccc4)ccc32)c2c1sc1ccccc12. The first-order valence-corrected chi connectivity index (χ1v) is 22.8. The normalized spacial score (nSPS) is 11.7. The van der Waals surface area contributed by atoms with Crippen LogP contribution in [0.2, 0.25) is 0 Å². The van der Waals surface area contributed by atoms with E-state index in [0.29, 0.717) is 5.56 Å². The fourth-order valence-electron chi connectivity index (χ4n) is 10.1. The van der Waals surface area contributed by atoms with Crippen molar-refractivity contribution in [2.45, 2.75) is 0 Å². The number of rotatable bonds is 6. The van der Waals surface area contributed by atoms with Gasteiger partial charge in [-0.25, -0.2) is 0 Å². The van der Waals surface area contributed by atoms with Crippen LogP contribution in [0.5, 0.6) is 0 Å². The molecule has 4 heteroatoms. The van der Waals surface area contributed by atoms with Crippen LogP contribution in [-0.4, -0.2) is 9.13 Å². The summed E-state index contributed by atoms with van der Waals surface area (Å²) in [6.07, 6.45) is 0. The maximum Gasteiger partial charge on any atom is 0.103 e. The van der Waals surface area contributed by atoms with E-state index in [2.05, 4.69) is 240 Å². The molecule has 13 aromatic rings. The number of thiophene rings is 1. The zero-order chi connectivity index (χ0) is 43.0. The Morgan fingerprint density at radius 1 is 0.323 bits per heavy atom. The van der Waals surface area contributed by atoms with Crippen molar-refractivity contribution in [3.05, 3.63) is 230 Å². The third-order valence-corrected chi connectivity index (χ3v) is 14.3. The van der Waals surface area contributed by atoms with Crippen LogP contribution >= 0.6 is 11.3 Å². The summed E-state index contributed by atoms with van der Waals surface area (Å²) in [5.74, 6) is 0. The lowest BCUT2D eigenvalue weighted by Crippen LogP contribution is -2.03. The van der Waals surface area contributed by atoms with Crippen molar-refractivity contribution in [1.82, 2.24) is 9.13 Å². The number of aromatic nitrogens is 2. The van der Waals surface area contributed by atoms with Crippen LogP contribution in [0.1, 0.15) is 5.56 Å². The first-order valence-electron chi connectivity index (χ1n) is 22.0. The molecule has 0 radical (unpaired) electrons. The Kier molecular flexibility index (Phi) is 8.46. The summed E-state index contributed by atoms with van der Waals surface area (Å²) < 4.78 is 6.93. The molecule has 0 amide bonds.